The van der Waals surface area contributed by atoms with Crippen molar-refractivity contribution in [3.8, 4) is 0 Å². The molecule has 4 heteroatoms. The van der Waals surface area contributed by atoms with Gasteiger partial charge in [0.25, 0.3) is 0 Å². The quantitative estimate of drug-likeness (QED) is 0.781. The van der Waals surface area contributed by atoms with Crippen molar-refractivity contribution in [3.05, 3.63) is 24.3 Å². The van der Waals surface area contributed by atoms with Gasteiger partial charge in [0.1, 0.15) is 0 Å². The van der Waals surface area contributed by atoms with Gasteiger partial charge in [0.2, 0.25) is 0 Å². The molecule has 0 aliphatic rings. The molecule has 0 fully saturated rings. The van der Waals surface area contributed by atoms with Crippen molar-refractivity contribution in [2.24, 2.45) is 0 Å². The molecular formula is C8H11NS3. The zero-order valence-electron chi connectivity index (χ0n) is 7.03. The summed E-state index contributed by atoms with van der Waals surface area (Å²) in [6.45, 7) is 0. The van der Waals surface area contributed by atoms with Crippen LogP contribution >= 0.6 is 11.8 Å². The molecule has 0 radical (unpaired) electrons. The Morgan fingerprint density at radius 3 is 2.67 bits per heavy atom. The van der Waals surface area contributed by atoms with Gasteiger partial charge in [-0.3, -0.25) is 0 Å². The Morgan fingerprint density at radius 1 is 1.42 bits per heavy atom. The van der Waals surface area contributed by atoms with Gasteiger partial charge in [-0.05, 0) is 39.2 Å². The average Bonchev–Trinajstić information content (AvgIpc) is 2.04. The van der Waals surface area contributed by atoms with Crippen LogP contribution < -0.4 is 4.72 Å². The summed E-state index contributed by atoms with van der Waals surface area (Å²) in [4.78, 5) is 1.25. The molecule has 0 spiro atoms. The van der Waals surface area contributed by atoms with E-state index in [1.807, 2.05) is 18.4 Å². The lowest BCUT2D eigenvalue weighted by Crippen LogP contribution is -2.00. The summed E-state index contributed by atoms with van der Waals surface area (Å²) in [5, 5.41) is 0. The largest absolute Gasteiger partial charge is 0.326 e. The molecule has 0 saturated carbocycles. The highest BCUT2D eigenvalue weighted by atomic mass is 32.8. The van der Waals surface area contributed by atoms with Crippen molar-refractivity contribution in [2.45, 2.75) is 4.90 Å². The van der Waals surface area contributed by atoms with Crippen LogP contribution in [0, 0.1) is 0 Å². The summed E-state index contributed by atoms with van der Waals surface area (Å²) in [7, 11) is -0.158. The summed E-state index contributed by atoms with van der Waals surface area (Å²) in [5.74, 6) is 0. The summed E-state index contributed by atoms with van der Waals surface area (Å²) in [5.41, 5.74) is 1.14. The van der Waals surface area contributed by atoms with Gasteiger partial charge < -0.3 is 4.72 Å². The number of anilines is 1. The third kappa shape index (κ3) is 2.77. The van der Waals surface area contributed by atoms with Gasteiger partial charge in [-0.2, -0.15) is 0 Å². The van der Waals surface area contributed by atoms with E-state index in [0.717, 1.165) is 5.69 Å². The first-order valence-corrected chi connectivity index (χ1v) is 7.25. The molecule has 0 aromatic heterocycles. The molecule has 0 heterocycles. The number of hydrogen-bond acceptors (Lipinski definition) is 2. The lowest BCUT2D eigenvalue weighted by atomic mass is 10.3. The Labute approximate surface area is 84.7 Å². The van der Waals surface area contributed by atoms with Crippen LogP contribution in [0.2, 0.25) is 0 Å². The zero-order valence-corrected chi connectivity index (χ0v) is 9.48. The number of benzene rings is 1. The zero-order chi connectivity index (χ0) is 8.97. The monoisotopic (exact) mass is 217 g/mol. The third-order valence-corrected chi connectivity index (χ3v) is 2.91. The number of nitrogens with one attached hydrogen (secondary N) is 1. The van der Waals surface area contributed by atoms with E-state index in [1.165, 1.54) is 4.90 Å². The van der Waals surface area contributed by atoms with Crippen molar-refractivity contribution < 1.29 is 0 Å². The molecule has 1 aromatic carbocycles. The van der Waals surface area contributed by atoms with Gasteiger partial charge >= 0.3 is 0 Å². The van der Waals surface area contributed by atoms with E-state index < -0.39 is 0 Å². The predicted molar refractivity (Wildman–Crippen MR) is 62.5 cm³/mol. The van der Waals surface area contributed by atoms with Gasteiger partial charge in [-0.15, -0.1) is 11.8 Å². The minimum atomic E-state index is -0.158. The van der Waals surface area contributed by atoms with Crippen molar-refractivity contribution in [1.29, 1.82) is 0 Å². The van der Waals surface area contributed by atoms with Gasteiger partial charge in [0.05, 0.1) is 5.69 Å². The maximum Gasteiger partial charge on any atom is 0.0579 e. The standard InChI is InChI=1S/C8H11NS3/c1-11-8-6-4-3-5-7(8)9-12(2)10/h3-6,9H,1-2H3. The van der Waals surface area contributed by atoms with Gasteiger partial charge in [0, 0.05) is 11.2 Å². The Morgan fingerprint density at radius 2 is 2.08 bits per heavy atom. The van der Waals surface area contributed by atoms with Crippen molar-refractivity contribution in [3.63, 3.8) is 0 Å². The van der Waals surface area contributed by atoms with Crippen LogP contribution in [0.15, 0.2) is 29.2 Å². The van der Waals surface area contributed by atoms with Gasteiger partial charge in [0.15, 0.2) is 0 Å². The first kappa shape index (κ1) is 10.0. The highest BCUT2D eigenvalue weighted by Gasteiger charge is 1.97. The second-order valence-electron chi connectivity index (χ2n) is 2.26. The Hall–Kier alpha value is -0.0600. The Bertz CT molecular complexity index is 285. The van der Waals surface area contributed by atoms with Crippen LogP contribution in [0.3, 0.4) is 0 Å². The van der Waals surface area contributed by atoms with Crippen molar-refractivity contribution in [2.75, 3.05) is 17.2 Å². The van der Waals surface area contributed by atoms with Crippen molar-refractivity contribution >= 4 is 38.3 Å². The molecule has 1 atom stereocenters. The van der Waals surface area contributed by atoms with Crippen LogP contribution in [0.5, 0.6) is 0 Å². The molecule has 0 amide bonds. The topological polar surface area (TPSA) is 12.0 Å². The fourth-order valence-electron chi connectivity index (χ4n) is 0.884. The molecule has 1 unspecified atom stereocenters. The second kappa shape index (κ2) is 4.84. The normalized spacial score (nSPS) is 12.5. The summed E-state index contributed by atoms with van der Waals surface area (Å²) >= 11 is 6.81. The fourth-order valence-corrected chi connectivity index (χ4v) is 2.26. The van der Waals surface area contributed by atoms with Crippen LogP contribution in [0.25, 0.3) is 0 Å². The van der Waals surface area contributed by atoms with E-state index in [0.29, 0.717) is 0 Å². The van der Waals surface area contributed by atoms with Crippen LogP contribution in [0.4, 0.5) is 5.69 Å². The highest BCUT2D eigenvalue weighted by Crippen LogP contribution is 2.24. The Balaban J connectivity index is 2.89. The number of hydrogen-bond donors (Lipinski definition) is 1. The smallest absolute Gasteiger partial charge is 0.0579 e. The summed E-state index contributed by atoms with van der Waals surface area (Å²) in [6.07, 6.45) is 4.06. The first-order valence-electron chi connectivity index (χ1n) is 3.47. The van der Waals surface area contributed by atoms with Gasteiger partial charge in [-0.25, -0.2) is 0 Å². The van der Waals surface area contributed by atoms with Crippen LogP contribution in [-0.2, 0) is 20.8 Å². The highest BCUT2D eigenvalue weighted by molar-refractivity contribution is 8.29. The molecule has 12 heavy (non-hydrogen) atoms. The second-order valence-corrected chi connectivity index (χ2v) is 5.72. The van der Waals surface area contributed by atoms with Gasteiger partial charge in [-0.1, -0.05) is 12.1 Å². The molecule has 66 valence electrons. The molecule has 0 aliphatic carbocycles. The maximum atomic E-state index is 5.08. The van der Waals surface area contributed by atoms with E-state index in [-0.39, 0.29) is 9.64 Å². The first-order chi connectivity index (χ1) is 5.74. The Kier molecular flexibility index (Phi) is 4.05. The molecule has 1 rings (SSSR count). The minimum absolute atomic E-state index is 0.158. The number of rotatable bonds is 3. The molecular weight excluding hydrogens is 206 g/mol. The van der Waals surface area contributed by atoms with E-state index in [1.54, 1.807) is 11.8 Å². The van der Waals surface area contributed by atoms with E-state index >= 15 is 0 Å². The molecule has 0 saturated heterocycles. The molecule has 0 aliphatic heterocycles. The van der Waals surface area contributed by atoms with Crippen LogP contribution in [0.1, 0.15) is 0 Å². The fraction of sp³-hybridized carbons (Fsp3) is 0.250. The molecule has 1 nitrogen and oxygen atoms in total. The number of thioether (sulfide) groups is 1. The van der Waals surface area contributed by atoms with E-state index in [4.69, 9.17) is 11.2 Å². The maximum absolute atomic E-state index is 5.08. The molecule has 1 aromatic rings. The van der Waals surface area contributed by atoms with Crippen molar-refractivity contribution in [1.82, 2.24) is 0 Å². The van der Waals surface area contributed by atoms with E-state index in [9.17, 15) is 0 Å². The predicted octanol–water partition coefficient (Wildman–Crippen LogP) is 2.45. The molecule has 1 N–H and O–H groups in total. The minimum Gasteiger partial charge on any atom is -0.326 e. The lowest BCUT2D eigenvalue weighted by molar-refractivity contribution is 1.47. The lowest BCUT2D eigenvalue weighted by Gasteiger charge is -2.08. The van der Waals surface area contributed by atoms with E-state index in [2.05, 4.69) is 23.1 Å². The molecule has 0 bridgehead atoms. The summed E-state index contributed by atoms with van der Waals surface area (Å²) < 4.78 is 3.25. The van der Waals surface area contributed by atoms with Crippen LogP contribution in [-0.4, -0.2) is 12.5 Å². The average molecular weight is 217 g/mol. The number of para-hydroxylation sites is 1. The SMILES string of the molecule is CSc1ccccc1NS(C)=S. The third-order valence-electron chi connectivity index (χ3n) is 1.36. The summed E-state index contributed by atoms with van der Waals surface area (Å²) in [6, 6.07) is 8.20.